The Kier molecular flexibility index (Phi) is 4.06. The Balaban J connectivity index is 2.74. The average molecular weight is 227 g/mol. The fourth-order valence-corrected chi connectivity index (χ4v) is 2.85. The molecule has 1 rings (SSSR count). The normalized spacial score (nSPS) is 22.4. The molecule has 0 spiro atoms. The van der Waals surface area contributed by atoms with Gasteiger partial charge in [-0.15, -0.1) is 18.2 Å². The van der Waals surface area contributed by atoms with Crippen molar-refractivity contribution in [1.82, 2.24) is 4.90 Å². The van der Waals surface area contributed by atoms with Crippen molar-refractivity contribution >= 4 is 17.7 Å². The zero-order valence-electron chi connectivity index (χ0n) is 9.45. The Labute approximate surface area is 95.5 Å². The SMILES string of the molecule is C#CC(C)(C)N1CSCC1C(=O)OCC. The zero-order chi connectivity index (χ0) is 11.5. The van der Waals surface area contributed by atoms with Gasteiger partial charge in [-0.3, -0.25) is 9.69 Å². The van der Waals surface area contributed by atoms with Gasteiger partial charge in [0.25, 0.3) is 0 Å². The van der Waals surface area contributed by atoms with Crippen LogP contribution >= 0.6 is 11.8 Å². The van der Waals surface area contributed by atoms with Crippen LogP contribution in [0.1, 0.15) is 20.8 Å². The lowest BCUT2D eigenvalue weighted by atomic mass is 10.0. The Bertz CT molecular complexity index is 283. The number of nitrogens with zero attached hydrogens (tertiary/aromatic N) is 1. The third-order valence-electron chi connectivity index (χ3n) is 2.51. The summed E-state index contributed by atoms with van der Waals surface area (Å²) in [6.45, 7) is 6.14. The van der Waals surface area contributed by atoms with E-state index in [4.69, 9.17) is 11.2 Å². The van der Waals surface area contributed by atoms with Gasteiger partial charge in [0.1, 0.15) is 6.04 Å². The number of ether oxygens (including phenoxy) is 1. The standard InChI is InChI=1S/C11H17NO2S/c1-5-11(3,4)12-8-15-7-9(12)10(13)14-6-2/h1,9H,6-8H2,2-4H3. The Morgan fingerprint density at radius 1 is 1.73 bits per heavy atom. The van der Waals surface area contributed by atoms with Gasteiger partial charge in [-0.2, -0.15) is 0 Å². The van der Waals surface area contributed by atoms with Crippen molar-refractivity contribution in [1.29, 1.82) is 0 Å². The van der Waals surface area contributed by atoms with Gasteiger partial charge < -0.3 is 4.74 Å². The molecule has 1 atom stereocenters. The number of thioether (sulfide) groups is 1. The molecule has 0 saturated carbocycles. The molecule has 1 saturated heterocycles. The lowest BCUT2D eigenvalue weighted by Gasteiger charge is -2.33. The van der Waals surface area contributed by atoms with Crippen LogP contribution in [-0.2, 0) is 9.53 Å². The highest BCUT2D eigenvalue weighted by molar-refractivity contribution is 7.99. The summed E-state index contributed by atoms with van der Waals surface area (Å²) in [6, 6.07) is -0.194. The molecule has 1 fully saturated rings. The average Bonchev–Trinajstić information content (AvgIpc) is 2.67. The van der Waals surface area contributed by atoms with Crippen molar-refractivity contribution in [3.63, 3.8) is 0 Å². The Hall–Kier alpha value is -0.660. The van der Waals surface area contributed by atoms with Gasteiger partial charge in [0.05, 0.1) is 12.1 Å². The summed E-state index contributed by atoms with van der Waals surface area (Å²) in [7, 11) is 0. The topological polar surface area (TPSA) is 29.5 Å². The molecule has 0 aromatic carbocycles. The van der Waals surface area contributed by atoms with E-state index in [-0.39, 0.29) is 17.6 Å². The van der Waals surface area contributed by atoms with Crippen LogP contribution in [-0.4, -0.2) is 40.7 Å². The maximum atomic E-state index is 11.7. The molecule has 84 valence electrons. The van der Waals surface area contributed by atoms with Gasteiger partial charge in [-0.05, 0) is 20.8 Å². The molecule has 0 N–H and O–H groups in total. The first kappa shape index (κ1) is 12.4. The lowest BCUT2D eigenvalue weighted by Crippen LogP contribution is -2.50. The maximum Gasteiger partial charge on any atom is 0.324 e. The van der Waals surface area contributed by atoms with E-state index in [2.05, 4.69) is 5.92 Å². The molecule has 1 aliphatic rings. The number of rotatable bonds is 3. The molecule has 15 heavy (non-hydrogen) atoms. The second-order valence-electron chi connectivity index (χ2n) is 3.94. The summed E-state index contributed by atoms with van der Waals surface area (Å²) >= 11 is 1.72. The van der Waals surface area contributed by atoms with Gasteiger partial charge >= 0.3 is 5.97 Å². The first-order valence-corrected chi connectivity index (χ1v) is 6.17. The maximum absolute atomic E-state index is 11.7. The highest BCUT2D eigenvalue weighted by Gasteiger charge is 2.40. The number of carbonyl (C=O) groups excluding carboxylic acids is 1. The first-order chi connectivity index (χ1) is 7.03. The summed E-state index contributed by atoms with van der Waals surface area (Å²) in [5.41, 5.74) is -0.388. The summed E-state index contributed by atoms with van der Waals surface area (Å²) in [4.78, 5) is 13.7. The second-order valence-corrected chi connectivity index (χ2v) is 4.94. The number of esters is 1. The van der Waals surface area contributed by atoms with E-state index < -0.39 is 0 Å². The van der Waals surface area contributed by atoms with E-state index in [0.717, 1.165) is 11.6 Å². The highest BCUT2D eigenvalue weighted by atomic mass is 32.2. The monoisotopic (exact) mass is 227 g/mol. The third kappa shape index (κ3) is 2.67. The number of hydrogen-bond donors (Lipinski definition) is 0. The van der Waals surface area contributed by atoms with Crippen LogP contribution in [0.5, 0.6) is 0 Å². The molecule has 0 aliphatic carbocycles. The van der Waals surface area contributed by atoms with Crippen molar-refractivity contribution in [3.05, 3.63) is 0 Å². The summed E-state index contributed by atoms with van der Waals surface area (Å²) in [6.07, 6.45) is 5.47. The molecule has 1 heterocycles. The molecular weight excluding hydrogens is 210 g/mol. The van der Waals surface area contributed by atoms with Crippen molar-refractivity contribution in [2.75, 3.05) is 18.2 Å². The van der Waals surface area contributed by atoms with E-state index in [1.807, 2.05) is 25.7 Å². The van der Waals surface area contributed by atoms with E-state index >= 15 is 0 Å². The Morgan fingerprint density at radius 3 is 2.93 bits per heavy atom. The van der Waals surface area contributed by atoms with Gasteiger partial charge in [-0.25, -0.2) is 0 Å². The molecule has 3 nitrogen and oxygen atoms in total. The van der Waals surface area contributed by atoms with E-state index in [0.29, 0.717) is 6.61 Å². The van der Waals surface area contributed by atoms with E-state index in [1.165, 1.54) is 0 Å². The number of hydrogen-bond acceptors (Lipinski definition) is 4. The second kappa shape index (κ2) is 4.91. The van der Waals surface area contributed by atoms with Crippen molar-refractivity contribution in [3.8, 4) is 12.3 Å². The van der Waals surface area contributed by atoms with Crippen LogP contribution in [0.15, 0.2) is 0 Å². The highest BCUT2D eigenvalue weighted by Crippen LogP contribution is 2.29. The van der Waals surface area contributed by atoms with Crippen LogP contribution < -0.4 is 0 Å². The predicted octanol–water partition coefficient (Wildman–Crippen LogP) is 1.34. The number of terminal acetylenes is 1. The minimum atomic E-state index is -0.388. The molecule has 1 aliphatic heterocycles. The smallest absolute Gasteiger partial charge is 0.324 e. The van der Waals surface area contributed by atoms with Gasteiger partial charge in [0, 0.05) is 11.6 Å². The third-order valence-corrected chi connectivity index (χ3v) is 3.52. The molecule has 4 heteroatoms. The van der Waals surface area contributed by atoms with Crippen LogP contribution in [0.3, 0.4) is 0 Å². The van der Waals surface area contributed by atoms with Crippen molar-refractivity contribution in [2.24, 2.45) is 0 Å². The van der Waals surface area contributed by atoms with E-state index in [1.54, 1.807) is 11.8 Å². The molecule has 0 aromatic heterocycles. The summed E-state index contributed by atoms with van der Waals surface area (Å²) < 4.78 is 5.03. The molecule has 1 unspecified atom stereocenters. The minimum absolute atomic E-state index is 0.161. The summed E-state index contributed by atoms with van der Waals surface area (Å²) in [5, 5.41) is 0. The molecule has 0 radical (unpaired) electrons. The fraction of sp³-hybridized carbons (Fsp3) is 0.727. The summed E-state index contributed by atoms with van der Waals surface area (Å²) in [5.74, 6) is 4.11. The van der Waals surface area contributed by atoms with Crippen molar-refractivity contribution < 1.29 is 9.53 Å². The predicted molar refractivity (Wildman–Crippen MR) is 62.5 cm³/mol. The van der Waals surface area contributed by atoms with Crippen molar-refractivity contribution in [2.45, 2.75) is 32.4 Å². The van der Waals surface area contributed by atoms with Crippen LogP contribution in [0.4, 0.5) is 0 Å². The largest absolute Gasteiger partial charge is 0.465 e. The first-order valence-electron chi connectivity index (χ1n) is 5.02. The van der Waals surface area contributed by atoms with Crippen LogP contribution in [0, 0.1) is 12.3 Å². The lowest BCUT2D eigenvalue weighted by molar-refractivity contribution is -0.149. The van der Waals surface area contributed by atoms with E-state index in [9.17, 15) is 4.79 Å². The minimum Gasteiger partial charge on any atom is -0.465 e. The van der Waals surface area contributed by atoms with Gasteiger partial charge in [0.15, 0.2) is 0 Å². The quantitative estimate of drug-likeness (QED) is 0.537. The van der Waals surface area contributed by atoms with Crippen LogP contribution in [0.25, 0.3) is 0 Å². The van der Waals surface area contributed by atoms with Gasteiger partial charge in [0.2, 0.25) is 0 Å². The van der Waals surface area contributed by atoms with Gasteiger partial charge in [-0.1, -0.05) is 5.92 Å². The fourth-order valence-electron chi connectivity index (χ4n) is 1.51. The molecule has 0 aromatic rings. The Morgan fingerprint density at radius 2 is 2.40 bits per heavy atom. The molecular formula is C11H17NO2S. The molecule has 0 bridgehead atoms. The molecule has 0 amide bonds. The van der Waals surface area contributed by atoms with Crippen LogP contribution in [0.2, 0.25) is 0 Å². The zero-order valence-corrected chi connectivity index (χ0v) is 10.3. The number of carbonyl (C=O) groups is 1.